The molecule has 1 aromatic carbocycles. The Morgan fingerprint density at radius 3 is 2.80 bits per heavy atom. The van der Waals surface area contributed by atoms with Crippen LogP contribution in [-0.4, -0.2) is 13.7 Å². The highest BCUT2D eigenvalue weighted by molar-refractivity contribution is 5.37. The lowest BCUT2D eigenvalue weighted by Crippen LogP contribution is -2.12. The normalized spacial score (nSPS) is 11.9. The number of benzene rings is 1. The van der Waals surface area contributed by atoms with E-state index in [-0.39, 0.29) is 0 Å². The molecule has 0 aliphatic heterocycles. The van der Waals surface area contributed by atoms with E-state index in [1.54, 1.807) is 0 Å². The van der Waals surface area contributed by atoms with Crippen molar-refractivity contribution in [1.82, 2.24) is 5.32 Å². The molecule has 1 rings (SSSR count). The minimum absolute atomic E-state index is 0.321. The molecule has 0 fully saturated rings. The molecule has 0 aliphatic carbocycles. The van der Waals surface area contributed by atoms with Gasteiger partial charge in [-0.15, -0.1) is 6.42 Å². The Morgan fingerprint density at radius 2 is 2.27 bits per heavy atom. The first-order valence-corrected chi connectivity index (χ1v) is 5.03. The summed E-state index contributed by atoms with van der Waals surface area (Å²) in [6.45, 7) is 4.47. The van der Waals surface area contributed by atoms with E-state index >= 15 is 0 Å². The molecule has 1 N–H and O–H groups in total. The fourth-order valence-corrected chi connectivity index (χ4v) is 1.39. The van der Waals surface area contributed by atoms with Crippen LogP contribution in [0, 0.1) is 19.3 Å². The molecule has 0 spiro atoms. The van der Waals surface area contributed by atoms with E-state index < -0.39 is 0 Å². The van der Waals surface area contributed by atoms with Gasteiger partial charge in [0, 0.05) is 6.04 Å². The van der Waals surface area contributed by atoms with E-state index in [9.17, 15) is 0 Å². The summed E-state index contributed by atoms with van der Waals surface area (Å²) in [5.41, 5.74) is 2.37. The summed E-state index contributed by atoms with van der Waals surface area (Å²) in [4.78, 5) is 0. The van der Waals surface area contributed by atoms with E-state index in [4.69, 9.17) is 11.2 Å². The maximum atomic E-state index is 5.40. The van der Waals surface area contributed by atoms with Crippen molar-refractivity contribution in [3.05, 3.63) is 29.3 Å². The van der Waals surface area contributed by atoms with Crippen LogP contribution in [0.1, 0.15) is 24.1 Å². The monoisotopic (exact) mass is 203 g/mol. The van der Waals surface area contributed by atoms with Crippen molar-refractivity contribution < 1.29 is 4.74 Å². The quantitative estimate of drug-likeness (QED) is 0.758. The summed E-state index contributed by atoms with van der Waals surface area (Å²) in [7, 11) is 1.95. The lowest BCUT2D eigenvalue weighted by molar-refractivity contribution is 0.367. The maximum Gasteiger partial charge on any atom is 0.148 e. The number of rotatable bonds is 4. The number of ether oxygens (including phenoxy) is 1. The minimum Gasteiger partial charge on any atom is -0.481 e. The fraction of sp³-hybridized carbons (Fsp3) is 0.385. The maximum absolute atomic E-state index is 5.40. The first kappa shape index (κ1) is 11.6. The summed E-state index contributed by atoms with van der Waals surface area (Å²) in [6, 6.07) is 6.49. The van der Waals surface area contributed by atoms with E-state index in [0.29, 0.717) is 12.6 Å². The molecule has 0 saturated carbocycles. The van der Waals surface area contributed by atoms with Gasteiger partial charge in [-0.05, 0) is 38.1 Å². The van der Waals surface area contributed by atoms with Crippen molar-refractivity contribution in [2.24, 2.45) is 0 Å². The summed E-state index contributed by atoms with van der Waals surface area (Å²) in [5, 5.41) is 3.20. The average molecular weight is 203 g/mol. The van der Waals surface area contributed by atoms with Crippen molar-refractivity contribution in [3.8, 4) is 18.1 Å². The lowest BCUT2D eigenvalue weighted by atomic mass is 10.1. The fourth-order valence-electron chi connectivity index (χ4n) is 1.39. The second kappa shape index (κ2) is 5.43. The van der Waals surface area contributed by atoms with Gasteiger partial charge in [-0.2, -0.15) is 0 Å². The molecule has 0 radical (unpaired) electrons. The Bertz CT molecular complexity index is 365. The molecule has 0 aromatic heterocycles. The first-order chi connectivity index (χ1) is 7.19. The van der Waals surface area contributed by atoms with Crippen LogP contribution < -0.4 is 10.1 Å². The third-order valence-corrected chi connectivity index (χ3v) is 2.44. The molecule has 80 valence electrons. The number of nitrogens with one attached hydrogen (secondary N) is 1. The molecule has 2 heteroatoms. The summed E-state index contributed by atoms with van der Waals surface area (Å²) >= 11 is 0. The topological polar surface area (TPSA) is 21.3 Å². The van der Waals surface area contributed by atoms with Crippen molar-refractivity contribution in [2.45, 2.75) is 19.9 Å². The minimum atomic E-state index is 0.321. The molecule has 1 aromatic rings. The van der Waals surface area contributed by atoms with Gasteiger partial charge >= 0.3 is 0 Å². The molecular weight excluding hydrogens is 186 g/mol. The predicted molar refractivity (Wildman–Crippen MR) is 63.0 cm³/mol. The molecular formula is C13H17NO. The zero-order valence-corrected chi connectivity index (χ0v) is 9.50. The highest BCUT2D eigenvalue weighted by Gasteiger charge is 2.05. The van der Waals surface area contributed by atoms with Crippen LogP contribution in [0.5, 0.6) is 5.75 Å². The third kappa shape index (κ3) is 3.00. The zero-order chi connectivity index (χ0) is 11.3. The molecule has 0 heterocycles. The van der Waals surface area contributed by atoms with Crippen LogP contribution in [0.4, 0.5) is 0 Å². The Hall–Kier alpha value is -1.46. The van der Waals surface area contributed by atoms with Crippen LogP contribution in [-0.2, 0) is 0 Å². The van der Waals surface area contributed by atoms with Crippen molar-refractivity contribution in [2.75, 3.05) is 13.7 Å². The van der Waals surface area contributed by atoms with E-state index in [2.05, 4.69) is 30.3 Å². The molecule has 0 aliphatic rings. The van der Waals surface area contributed by atoms with Crippen LogP contribution >= 0.6 is 0 Å². The highest BCUT2D eigenvalue weighted by atomic mass is 16.5. The summed E-state index contributed by atoms with van der Waals surface area (Å²) in [5.74, 6) is 3.32. The van der Waals surface area contributed by atoms with Gasteiger partial charge in [0.25, 0.3) is 0 Å². The van der Waals surface area contributed by atoms with Crippen LogP contribution in [0.2, 0.25) is 0 Å². The van der Waals surface area contributed by atoms with Crippen molar-refractivity contribution in [1.29, 1.82) is 0 Å². The molecule has 0 saturated heterocycles. The van der Waals surface area contributed by atoms with Gasteiger partial charge in [-0.3, -0.25) is 0 Å². The van der Waals surface area contributed by atoms with E-state index in [1.165, 1.54) is 5.56 Å². The van der Waals surface area contributed by atoms with Crippen molar-refractivity contribution in [3.63, 3.8) is 0 Å². The largest absolute Gasteiger partial charge is 0.481 e. The van der Waals surface area contributed by atoms with Crippen LogP contribution in [0.15, 0.2) is 18.2 Å². The predicted octanol–water partition coefficient (Wildman–Crippen LogP) is 2.29. The molecule has 15 heavy (non-hydrogen) atoms. The van der Waals surface area contributed by atoms with Gasteiger partial charge in [-0.25, -0.2) is 0 Å². The Kier molecular flexibility index (Phi) is 4.20. The molecule has 1 unspecified atom stereocenters. The van der Waals surface area contributed by atoms with E-state index in [1.807, 2.05) is 20.0 Å². The Balaban J connectivity index is 2.84. The summed E-state index contributed by atoms with van der Waals surface area (Å²) in [6.07, 6.45) is 5.14. The highest BCUT2D eigenvalue weighted by Crippen LogP contribution is 2.22. The molecule has 2 nitrogen and oxygen atoms in total. The Labute approximate surface area is 91.6 Å². The van der Waals surface area contributed by atoms with E-state index in [0.717, 1.165) is 11.3 Å². The number of hydrogen-bond acceptors (Lipinski definition) is 2. The third-order valence-electron chi connectivity index (χ3n) is 2.44. The smallest absolute Gasteiger partial charge is 0.148 e. The van der Waals surface area contributed by atoms with Gasteiger partial charge in [0.15, 0.2) is 0 Å². The first-order valence-electron chi connectivity index (χ1n) is 5.03. The molecule has 1 atom stereocenters. The van der Waals surface area contributed by atoms with Crippen LogP contribution in [0.3, 0.4) is 0 Å². The standard InChI is InChI=1S/C13H17NO/c1-5-8-15-13-7-6-12(9-10(13)2)11(3)14-4/h1,6-7,9,11,14H,8H2,2-4H3. The lowest BCUT2D eigenvalue weighted by Gasteiger charge is -2.13. The van der Waals surface area contributed by atoms with Crippen LogP contribution in [0.25, 0.3) is 0 Å². The zero-order valence-electron chi connectivity index (χ0n) is 9.50. The van der Waals surface area contributed by atoms with Gasteiger partial charge in [0.1, 0.15) is 12.4 Å². The average Bonchev–Trinajstić information content (AvgIpc) is 2.26. The second-order valence-corrected chi connectivity index (χ2v) is 3.53. The summed E-state index contributed by atoms with van der Waals surface area (Å²) < 4.78 is 5.40. The number of terminal acetylenes is 1. The van der Waals surface area contributed by atoms with Gasteiger partial charge in [0.2, 0.25) is 0 Å². The SMILES string of the molecule is C#CCOc1ccc(C(C)NC)cc1C. The van der Waals surface area contributed by atoms with Gasteiger partial charge in [0.05, 0.1) is 0 Å². The van der Waals surface area contributed by atoms with Gasteiger partial charge < -0.3 is 10.1 Å². The van der Waals surface area contributed by atoms with Gasteiger partial charge in [-0.1, -0.05) is 18.1 Å². The number of hydrogen-bond donors (Lipinski definition) is 1. The second-order valence-electron chi connectivity index (χ2n) is 3.53. The number of aryl methyl sites for hydroxylation is 1. The molecule has 0 amide bonds. The Morgan fingerprint density at radius 1 is 1.53 bits per heavy atom. The van der Waals surface area contributed by atoms with Crippen molar-refractivity contribution >= 4 is 0 Å². The molecule has 0 bridgehead atoms.